The molecule has 3 aromatic rings. The third-order valence-corrected chi connectivity index (χ3v) is 5.40. The number of rotatable bonds is 8. The molecule has 10 heteroatoms. The van der Waals surface area contributed by atoms with E-state index in [0.717, 1.165) is 5.56 Å². The minimum absolute atomic E-state index is 0.0215. The molecule has 0 saturated carbocycles. The number of non-ortho nitro benzene ring substituents is 1. The molecule has 2 N–H and O–H groups in total. The number of thioether (sulfide) groups is 1. The summed E-state index contributed by atoms with van der Waals surface area (Å²) in [5.41, 5.74) is 1.63. The van der Waals surface area contributed by atoms with E-state index in [1.807, 2.05) is 30.3 Å². The molecule has 0 saturated heterocycles. The number of amides is 1. The van der Waals surface area contributed by atoms with E-state index >= 15 is 0 Å². The highest BCUT2D eigenvalue weighted by molar-refractivity contribution is 8.01. The SMILES string of the molecule is O=C(CSc1nnc(NCc2ccccc2)s1)Nc1ccc([N+](=O)[O-])cc1. The van der Waals surface area contributed by atoms with Crippen LogP contribution in [-0.4, -0.2) is 26.8 Å². The lowest BCUT2D eigenvalue weighted by atomic mass is 10.2. The number of aromatic nitrogens is 2. The molecule has 1 heterocycles. The van der Waals surface area contributed by atoms with Gasteiger partial charge in [-0.2, -0.15) is 0 Å². The van der Waals surface area contributed by atoms with Crippen molar-refractivity contribution < 1.29 is 9.72 Å². The largest absolute Gasteiger partial charge is 0.356 e. The smallest absolute Gasteiger partial charge is 0.269 e. The molecular formula is C17H15N5O3S2. The zero-order chi connectivity index (χ0) is 19.1. The Balaban J connectivity index is 1.45. The molecule has 0 radical (unpaired) electrons. The van der Waals surface area contributed by atoms with Crippen LogP contribution in [0.15, 0.2) is 58.9 Å². The van der Waals surface area contributed by atoms with Crippen molar-refractivity contribution in [3.63, 3.8) is 0 Å². The van der Waals surface area contributed by atoms with Gasteiger partial charge in [0, 0.05) is 24.4 Å². The van der Waals surface area contributed by atoms with Crippen LogP contribution in [0.1, 0.15) is 5.56 Å². The van der Waals surface area contributed by atoms with Gasteiger partial charge in [0.15, 0.2) is 4.34 Å². The highest BCUT2D eigenvalue weighted by atomic mass is 32.2. The van der Waals surface area contributed by atoms with Gasteiger partial charge in [-0.15, -0.1) is 10.2 Å². The van der Waals surface area contributed by atoms with Crippen molar-refractivity contribution in [2.75, 3.05) is 16.4 Å². The lowest BCUT2D eigenvalue weighted by Crippen LogP contribution is -2.13. The standard InChI is InChI=1S/C17H15N5O3S2/c23-15(19-13-6-8-14(9-7-13)22(24)25)11-26-17-21-20-16(27-17)18-10-12-4-2-1-3-5-12/h1-9H,10-11H2,(H,18,20)(H,19,23). The Kier molecular flexibility index (Phi) is 6.34. The van der Waals surface area contributed by atoms with E-state index in [0.29, 0.717) is 21.7 Å². The second-order valence-electron chi connectivity index (χ2n) is 5.35. The van der Waals surface area contributed by atoms with E-state index in [1.54, 1.807) is 0 Å². The predicted octanol–water partition coefficient (Wildman–Crippen LogP) is 3.79. The van der Waals surface area contributed by atoms with Crippen molar-refractivity contribution >= 4 is 45.5 Å². The van der Waals surface area contributed by atoms with E-state index in [9.17, 15) is 14.9 Å². The van der Waals surface area contributed by atoms with Crippen LogP contribution in [0.5, 0.6) is 0 Å². The summed E-state index contributed by atoms with van der Waals surface area (Å²) in [5, 5.41) is 25.3. The lowest BCUT2D eigenvalue weighted by Gasteiger charge is -2.03. The van der Waals surface area contributed by atoms with Crippen molar-refractivity contribution in [3.05, 3.63) is 70.3 Å². The zero-order valence-electron chi connectivity index (χ0n) is 14.0. The van der Waals surface area contributed by atoms with Crippen LogP contribution in [0.3, 0.4) is 0 Å². The van der Waals surface area contributed by atoms with Crippen LogP contribution in [-0.2, 0) is 11.3 Å². The van der Waals surface area contributed by atoms with Gasteiger partial charge in [-0.1, -0.05) is 53.4 Å². The normalized spacial score (nSPS) is 10.4. The summed E-state index contributed by atoms with van der Waals surface area (Å²) in [7, 11) is 0. The fraction of sp³-hybridized carbons (Fsp3) is 0.118. The molecule has 2 aromatic carbocycles. The molecule has 1 amide bonds. The van der Waals surface area contributed by atoms with Crippen LogP contribution in [0.4, 0.5) is 16.5 Å². The molecule has 0 unspecified atom stereocenters. The van der Waals surface area contributed by atoms with E-state index in [2.05, 4.69) is 20.8 Å². The first-order chi connectivity index (χ1) is 13.1. The minimum Gasteiger partial charge on any atom is -0.356 e. The molecule has 0 fully saturated rings. The average molecular weight is 401 g/mol. The number of carbonyl (C=O) groups is 1. The van der Waals surface area contributed by atoms with Gasteiger partial charge >= 0.3 is 0 Å². The van der Waals surface area contributed by atoms with Crippen LogP contribution in [0.25, 0.3) is 0 Å². The maximum atomic E-state index is 12.0. The maximum absolute atomic E-state index is 12.0. The summed E-state index contributed by atoms with van der Waals surface area (Å²) >= 11 is 2.66. The summed E-state index contributed by atoms with van der Waals surface area (Å²) in [5.74, 6) is -0.0486. The molecule has 0 aliphatic heterocycles. The number of nitrogens with one attached hydrogen (secondary N) is 2. The maximum Gasteiger partial charge on any atom is 0.269 e. The number of carbonyl (C=O) groups excluding carboxylic acids is 1. The summed E-state index contributed by atoms with van der Waals surface area (Å²) in [6, 6.07) is 15.6. The van der Waals surface area contributed by atoms with Crippen molar-refractivity contribution in [3.8, 4) is 0 Å². The number of hydrogen-bond donors (Lipinski definition) is 2. The molecule has 0 aliphatic rings. The number of nitro benzene ring substituents is 1. The lowest BCUT2D eigenvalue weighted by molar-refractivity contribution is -0.384. The van der Waals surface area contributed by atoms with E-state index in [1.165, 1.54) is 47.4 Å². The zero-order valence-corrected chi connectivity index (χ0v) is 15.6. The highest BCUT2D eigenvalue weighted by Gasteiger charge is 2.10. The van der Waals surface area contributed by atoms with Crippen molar-refractivity contribution in [1.29, 1.82) is 0 Å². The number of anilines is 2. The van der Waals surface area contributed by atoms with Gasteiger partial charge in [-0.25, -0.2) is 0 Å². The van der Waals surface area contributed by atoms with Gasteiger partial charge in [0.05, 0.1) is 10.7 Å². The first-order valence-corrected chi connectivity index (χ1v) is 9.69. The summed E-state index contributed by atoms with van der Waals surface area (Å²) in [6.45, 7) is 0.654. The first kappa shape index (κ1) is 18.8. The molecule has 3 rings (SSSR count). The van der Waals surface area contributed by atoms with Gasteiger partial charge < -0.3 is 10.6 Å². The summed E-state index contributed by atoms with van der Waals surface area (Å²) < 4.78 is 0.685. The Hall–Kier alpha value is -2.98. The van der Waals surface area contributed by atoms with Gasteiger partial charge in [0.1, 0.15) is 0 Å². The number of nitro groups is 1. The molecule has 8 nitrogen and oxygen atoms in total. The molecule has 0 atom stereocenters. The fourth-order valence-electron chi connectivity index (χ4n) is 2.10. The Morgan fingerprint density at radius 3 is 2.56 bits per heavy atom. The van der Waals surface area contributed by atoms with Crippen molar-refractivity contribution in [2.45, 2.75) is 10.9 Å². The molecule has 0 aliphatic carbocycles. The van der Waals surface area contributed by atoms with Crippen LogP contribution >= 0.6 is 23.1 Å². The number of benzene rings is 2. The third-order valence-electron chi connectivity index (χ3n) is 3.38. The van der Waals surface area contributed by atoms with Gasteiger partial charge in [-0.3, -0.25) is 14.9 Å². The number of hydrogen-bond acceptors (Lipinski definition) is 8. The highest BCUT2D eigenvalue weighted by Crippen LogP contribution is 2.26. The van der Waals surface area contributed by atoms with Crippen LogP contribution < -0.4 is 10.6 Å². The van der Waals surface area contributed by atoms with E-state index < -0.39 is 4.92 Å². The summed E-state index contributed by atoms with van der Waals surface area (Å²) in [6.07, 6.45) is 0. The van der Waals surface area contributed by atoms with Crippen molar-refractivity contribution in [1.82, 2.24) is 10.2 Å². The van der Waals surface area contributed by atoms with Gasteiger partial charge in [0.2, 0.25) is 11.0 Å². The second kappa shape index (κ2) is 9.10. The molecule has 138 valence electrons. The van der Waals surface area contributed by atoms with E-state index in [4.69, 9.17) is 0 Å². The molecule has 0 bridgehead atoms. The Morgan fingerprint density at radius 1 is 1.11 bits per heavy atom. The van der Waals surface area contributed by atoms with Crippen LogP contribution in [0, 0.1) is 10.1 Å². The fourth-order valence-corrected chi connectivity index (χ4v) is 3.65. The number of nitrogens with zero attached hydrogens (tertiary/aromatic N) is 3. The third kappa shape index (κ3) is 5.76. The molecular weight excluding hydrogens is 386 g/mol. The Bertz CT molecular complexity index is 916. The minimum atomic E-state index is -0.486. The van der Waals surface area contributed by atoms with Gasteiger partial charge in [0.25, 0.3) is 5.69 Å². The quantitative estimate of drug-likeness (QED) is 0.336. The second-order valence-corrected chi connectivity index (χ2v) is 7.55. The predicted molar refractivity (Wildman–Crippen MR) is 106 cm³/mol. The Labute approximate surface area is 163 Å². The Morgan fingerprint density at radius 2 is 1.85 bits per heavy atom. The van der Waals surface area contributed by atoms with E-state index in [-0.39, 0.29) is 17.3 Å². The van der Waals surface area contributed by atoms with Crippen LogP contribution in [0.2, 0.25) is 0 Å². The first-order valence-electron chi connectivity index (χ1n) is 7.88. The molecule has 1 aromatic heterocycles. The topological polar surface area (TPSA) is 110 Å². The average Bonchev–Trinajstić information content (AvgIpc) is 3.14. The van der Waals surface area contributed by atoms with Gasteiger partial charge in [-0.05, 0) is 17.7 Å². The molecule has 0 spiro atoms. The monoisotopic (exact) mass is 401 g/mol. The van der Waals surface area contributed by atoms with Crippen molar-refractivity contribution in [2.24, 2.45) is 0 Å². The summed E-state index contributed by atoms with van der Waals surface area (Å²) in [4.78, 5) is 22.1. The molecule has 27 heavy (non-hydrogen) atoms.